The van der Waals surface area contributed by atoms with E-state index in [1.54, 1.807) is 6.07 Å². The SMILES string of the molecule is [2H]c1cc(-c2ccc3c(c2-c2c4c([2H])c([2H])c([2H])c([2H])c4c(-c4cc(-c5ccccc5)cc(-c5ccccc5)c4)c4c([2H])c([2H])c([2H])c([2H])c24)C(C)(C)CCC3(C)C)c([2H])c([2H])c1[2H]. The van der Waals surface area contributed by atoms with E-state index in [0.29, 0.717) is 23.1 Å². The molecule has 0 nitrogen and oxygen atoms in total. The number of hydrogen-bond acceptors (Lipinski definition) is 0. The fourth-order valence-corrected chi connectivity index (χ4v) is 8.19. The minimum atomic E-state index is -0.621. The summed E-state index contributed by atoms with van der Waals surface area (Å²) in [5, 5.41) is 0.211. The molecule has 1 aliphatic carbocycles. The lowest BCUT2D eigenvalue weighted by atomic mass is 9.60. The van der Waals surface area contributed by atoms with Crippen molar-refractivity contribution in [2.45, 2.75) is 51.4 Å². The van der Waals surface area contributed by atoms with Gasteiger partial charge in [-0.05, 0) is 130 Å². The van der Waals surface area contributed by atoms with E-state index in [0.717, 1.165) is 39.8 Å². The Bertz CT molecular complexity index is 3140. The van der Waals surface area contributed by atoms with Gasteiger partial charge >= 0.3 is 0 Å². The molecule has 8 aromatic carbocycles. The average Bonchev–Trinajstić information content (AvgIpc) is 3.29. The quantitative estimate of drug-likeness (QED) is 0.159. The van der Waals surface area contributed by atoms with Crippen LogP contribution in [0, 0.1) is 0 Å². The maximum atomic E-state index is 9.85. The van der Waals surface area contributed by atoms with Gasteiger partial charge in [-0.15, -0.1) is 0 Å². The first kappa shape index (κ1) is 21.6. The molecule has 52 heavy (non-hydrogen) atoms. The lowest BCUT2D eigenvalue weighted by molar-refractivity contribution is 0.333. The summed E-state index contributed by atoms with van der Waals surface area (Å²) in [6, 6.07) is 25.2. The van der Waals surface area contributed by atoms with Crippen molar-refractivity contribution >= 4 is 21.5 Å². The molecule has 252 valence electrons. The van der Waals surface area contributed by atoms with Crippen LogP contribution in [0.1, 0.15) is 68.1 Å². The van der Waals surface area contributed by atoms with Crippen LogP contribution in [0.15, 0.2) is 170 Å². The highest BCUT2D eigenvalue weighted by molar-refractivity contribution is 6.23. The van der Waals surface area contributed by atoms with Gasteiger partial charge in [0.2, 0.25) is 0 Å². The second-order valence-electron chi connectivity index (χ2n) is 15.0. The summed E-state index contributed by atoms with van der Waals surface area (Å²) < 4.78 is 111. The molecule has 1 aliphatic rings. The smallest absolute Gasteiger partial charge is 0.0622 e. The molecule has 0 atom stereocenters. The topological polar surface area (TPSA) is 0 Å². The van der Waals surface area contributed by atoms with Gasteiger partial charge in [-0.1, -0.05) is 179 Å². The van der Waals surface area contributed by atoms with E-state index in [1.165, 1.54) is 6.07 Å². The molecule has 0 heterocycles. The Morgan fingerprint density at radius 3 is 1.48 bits per heavy atom. The van der Waals surface area contributed by atoms with Crippen molar-refractivity contribution in [1.82, 2.24) is 0 Å². The molecule has 0 fully saturated rings. The van der Waals surface area contributed by atoms with E-state index in [4.69, 9.17) is 6.85 Å². The fraction of sp³-hybridized carbons (Fsp3) is 0.154. The first-order valence-electron chi connectivity index (χ1n) is 23.7. The summed E-state index contributed by atoms with van der Waals surface area (Å²) in [4.78, 5) is 0. The van der Waals surface area contributed by atoms with Crippen molar-refractivity contribution in [3.8, 4) is 55.6 Å². The van der Waals surface area contributed by atoms with Crippen LogP contribution in [-0.4, -0.2) is 0 Å². The number of benzene rings is 8. The largest absolute Gasteiger partial charge is 0.0629 e. The predicted octanol–water partition coefficient (Wildman–Crippen LogP) is 14.7. The Kier molecular flexibility index (Phi) is 5.19. The molecule has 0 bridgehead atoms. The number of fused-ring (bicyclic) bond motifs is 3. The molecule has 0 saturated heterocycles. The van der Waals surface area contributed by atoms with Gasteiger partial charge in [-0.25, -0.2) is 0 Å². The molecule has 0 spiro atoms. The number of hydrogen-bond donors (Lipinski definition) is 0. The summed E-state index contributed by atoms with van der Waals surface area (Å²) in [5.74, 6) is 0. The standard InChI is InChI=1S/C52H44/c1-51(2)30-31-52(3,4)50-46(51)29-28-41(37-22-12-7-13-23-37)49(50)48-44-26-16-14-24-42(44)47(43-25-15-17-27-45(43)48)40-33-38(35-18-8-5-9-19-35)32-39(34-40)36-20-10-6-11-21-36/h5-29,32-34H,30-31H2,1-4H3/i7D,12D,13D,14D,15D,16D,17D,22D,24D,25D,26D,27D. The molecule has 0 heteroatoms. The molecule has 0 N–H and O–H groups in total. The maximum Gasteiger partial charge on any atom is 0.0629 e. The van der Waals surface area contributed by atoms with Gasteiger partial charge < -0.3 is 0 Å². The zero-order valence-electron chi connectivity index (χ0n) is 41.7. The molecular weight excluding hydrogens is 625 g/mol. The van der Waals surface area contributed by atoms with E-state index in [9.17, 15) is 9.60 Å². The minimum absolute atomic E-state index is 0.0413. The van der Waals surface area contributed by atoms with Crippen LogP contribution < -0.4 is 0 Å². The van der Waals surface area contributed by atoms with E-state index < -0.39 is 59.2 Å². The monoisotopic (exact) mass is 680 g/mol. The molecule has 0 aliphatic heterocycles. The van der Waals surface area contributed by atoms with Gasteiger partial charge in [0.05, 0.1) is 16.4 Å². The zero-order valence-corrected chi connectivity index (χ0v) is 29.7. The minimum Gasteiger partial charge on any atom is -0.0622 e. The molecule has 0 aromatic heterocycles. The average molecular weight is 681 g/mol. The summed E-state index contributed by atoms with van der Waals surface area (Å²) >= 11 is 0. The third kappa shape index (κ3) is 5.37. The van der Waals surface area contributed by atoms with Gasteiger partial charge in [0, 0.05) is 0 Å². The lowest BCUT2D eigenvalue weighted by Gasteiger charge is -2.44. The van der Waals surface area contributed by atoms with Crippen molar-refractivity contribution < 1.29 is 16.4 Å². The Balaban J connectivity index is 1.61. The highest BCUT2D eigenvalue weighted by Gasteiger charge is 2.40. The van der Waals surface area contributed by atoms with E-state index in [-0.39, 0.29) is 62.4 Å². The Labute approximate surface area is 325 Å². The van der Waals surface area contributed by atoms with Crippen molar-refractivity contribution in [3.05, 3.63) is 181 Å². The highest BCUT2D eigenvalue weighted by Crippen LogP contribution is 2.55. The second kappa shape index (κ2) is 12.5. The van der Waals surface area contributed by atoms with E-state index in [1.807, 2.05) is 84.9 Å². The normalized spacial score (nSPS) is 17.9. The molecule has 0 amide bonds. The Morgan fingerprint density at radius 2 is 0.904 bits per heavy atom. The van der Waals surface area contributed by atoms with Crippen LogP contribution in [0.4, 0.5) is 0 Å². The van der Waals surface area contributed by atoms with Crippen LogP contribution in [0.3, 0.4) is 0 Å². The van der Waals surface area contributed by atoms with Crippen LogP contribution >= 0.6 is 0 Å². The highest BCUT2D eigenvalue weighted by atomic mass is 14.4. The van der Waals surface area contributed by atoms with Crippen molar-refractivity contribution in [3.63, 3.8) is 0 Å². The van der Waals surface area contributed by atoms with Crippen LogP contribution in [0.2, 0.25) is 0 Å². The van der Waals surface area contributed by atoms with Gasteiger partial charge in [-0.3, -0.25) is 0 Å². The molecule has 0 radical (unpaired) electrons. The van der Waals surface area contributed by atoms with E-state index >= 15 is 0 Å². The second-order valence-corrected chi connectivity index (χ2v) is 15.0. The molecule has 0 saturated carbocycles. The fourth-order valence-electron chi connectivity index (χ4n) is 8.19. The van der Waals surface area contributed by atoms with Crippen LogP contribution in [-0.2, 0) is 10.8 Å². The summed E-state index contributed by atoms with van der Waals surface area (Å²) in [6.45, 7) is 8.41. The van der Waals surface area contributed by atoms with Crippen molar-refractivity contribution in [1.29, 1.82) is 0 Å². The molecule has 0 unspecified atom stereocenters. The third-order valence-electron chi connectivity index (χ3n) is 10.9. The summed E-state index contributed by atoms with van der Waals surface area (Å²) in [7, 11) is 0. The molecular formula is C52H44. The van der Waals surface area contributed by atoms with Gasteiger partial charge in [-0.2, -0.15) is 0 Å². The van der Waals surface area contributed by atoms with Gasteiger partial charge in [0.25, 0.3) is 0 Å². The van der Waals surface area contributed by atoms with Crippen LogP contribution in [0.5, 0.6) is 0 Å². The summed E-state index contributed by atoms with van der Waals surface area (Å²) in [5.41, 5.74) is 5.73. The predicted molar refractivity (Wildman–Crippen MR) is 224 cm³/mol. The van der Waals surface area contributed by atoms with E-state index in [2.05, 4.69) is 27.7 Å². The van der Waals surface area contributed by atoms with Crippen molar-refractivity contribution in [2.24, 2.45) is 0 Å². The Morgan fingerprint density at radius 1 is 0.404 bits per heavy atom. The third-order valence-corrected chi connectivity index (χ3v) is 10.9. The summed E-state index contributed by atoms with van der Waals surface area (Å²) in [6.07, 6.45) is 1.49. The number of rotatable bonds is 5. The van der Waals surface area contributed by atoms with Gasteiger partial charge in [0.1, 0.15) is 0 Å². The first-order chi connectivity index (χ1) is 30.3. The first-order valence-corrected chi connectivity index (χ1v) is 17.7. The molecule has 9 rings (SSSR count). The zero-order chi connectivity index (χ0) is 45.9. The van der Waals surface area contributed by atoms with Gasteiger partial charge in [0.15, 0.2) is 0 Å². The lowest BCUT2D eigenvalue weighted by Crippen LogP contribution is -2.34. The van der Waals surface area contributed by atoms with Crippen LogP contribution in [0.25, 0.3) is 77.2 Å². The molecule has 8 aromatic rings. The van der Waals surface area contributed by atoms with Crippen molar-refractivity contribution in [2.75, 3.05) is 0 Å². The maximum absolute atomic E-state index is 9.85. The Hall–Kier alpha value is -5.72.